The molecule has 0 fully saturated rings. The molecule has 0 saturated heterocycles. The molecule has 0 aliphatic carbocycles. The zero-order chi connectivity index (χ0) is 13.8. The number of rotatable bonds is 5. The normalized spacial score (nSPS) is 13.8. The van der Waals surface area contributed by atoms with Crippen molar-refractivity contribution in [3.05, 3.63) is 36.3 Å². The van der Waals surface area contributed by atoms with Crippen LogP contribution in [-0.2, 0) is 17.7 Å². The third-order valence-electron chi connectivity index (χ3n) is 3.81. The highest BCUT2D eigenvalue weighted by atomic mass is 16.5. The lowest BCUT2D eigenvalue weighted by atomic mass is 9.98. The molecule has 106 valence electrons. The Bertz CT molecular complexity index is 577. The first kappa shape index (κ1) is 13.2. The molecule has 20 heavy (non-hydrogen) atoms. The van der Waals surface area contributed by atoms with Crippen LogP contribution >= 0.6 is 0 Å². The summed E-state index contributed by atoms with van der Waals surface area (Å²) in [6.45, 7) is 2.78. The number of nitrogens with one attached hydrogen (secondary N) is 1. The minimum atomic E-state index is 0.781. The number of nitrogens with zero attached hydrogens (tertiary/aromatic N) is 2. The van der Waals surface area contributed by atoms with E-state index in [9.17, 15) is 0 Å². The second-order valence-electron chi connectivity index (χ2n) is 5.19. The van der Waals surface area contributed by atoms with Crippen molar-refractivity contribution in [3.8, 4) is 11.3 Å². The Morgan fingerprint density at radius 3 is 3.25 bits per heavy atom. The van der Waals surface area contributed by atoms with Crippen LogP contribution in [0.1, 0.15) is 18.4 Å². The molecule has 1 aromatic carbocycles. The minimum Gasteiger partial charge on any atom is -0.385 e. The fraction of sp³-hybridized carbons (Fsp3) is 0.438. The van der Waals surface area contributed by atoms with E-state index in [0.717, 1.165) is 32.5 Å². The van der Waals surface area contributed by atoms with E-state index >= 15 is 0 Å². The summed E-state index contributed by atoms with van der Waals surface area (Å²) in [7, 11) is 1.74. The Morgan fingerprint density at radius 1 is 1.40 bits per heavy atom. The Morgan fingerprint density at radius 2 is 2.35 bits per heavy atom. The summed E-state index contributed by atoms with van der Waals surface area (Å²) < 4.78 is 7.34. The largest absolute Gasteiger partial charge is 0.385 e. The number of para-hydroxylation sites is 1. The van der Waals surface area contributed by atoms with Crippen LogP contribution in [0.5, 0.6) is 0 Å². The third kappa shape index (κ3) is 2.56. The van der Waals surface area contributed by atoms with Crippen LogP contribution in [0, 0.1) is 0 Å². The number of ether oxygens (including phenoxy) is 1. The van der Waals surface area contributed by atoms with Crippen molar-refractivity contribution < 1.29 is 4.74 Å². The van der Waals surface area contributed by atoms with Crippen LogP contribution < -0.4 is 5.32 Å². The predicted octanol–water partition coefficient (Wildman–Crippen LogP) is 2.94. The number of benzene rings is 1. The number of aryl methyl sites for hydroxylation is 2. The smallest absolute Gasteiger partial charge is 0.0950 e. The lowest BCUT2D eigenvalue weighted by Gasteiger charge is -2.21. The zero-order valence-electron chi connectivity index (χ0n) is 11.9. The van der Waals surface area contributed by atoms with Gasteiger partial charge in [-0.2, -0.15) is 0 Å². The van der Waals surface area contributed by atoms with Crippen LogP contribution in [-0.4, -0.2) is 29.8 Å². The molecule has 0 radical (unpaired) electrons. The molecular weight excluding hydrogens is 250 g/mol. The van der Waals surface area contributed by atoms with Crippen molar-refractivity contribution in [2.24, 2.45) is 0 Å². The summed E-state index contributed by atoms with van der Waals surface area (Å²) in [6, 6.07) is 6.55. The summed E-state index contributed by atoms with van der Waals surface area (Å²) in [5.41, 5.74) is 5.15. The maximum absolute atomic E-state index is 5.13. The topological polar surface area (TPSA) is 39.1 Å². The Balaban J connectivity index is 1.91. The molecule has 0 saturated carbocycles. The van der Waals surface area contributed by atoms with Gasteiger partial charge in [-0.25, -0.2) is 4.98 Å². The molecule has 3 rings (SSSR count). The molecule has 4 nitrogen and oxygen atoms in total. The molecular formula is C16H21N3O. The van der Waals surface area contributed by atoms with Gasteiger partial charge < -0.3 is 14.6 Å². The quantitative estimate of drug-likeness (QED) is 0.850. The predicted molar refractivity (Wildman–Crippen MR) is 81.0 cm³/mol. The van der Waals surface area contributed by atoms with Gasteiger partial charge in [0.15, 0.2) is 0 Å². The SMILES string of the molecule is COCCCn1cncc1-c1cccc2c1NCCC2. The van der Waals surface area contributed by atoms with Crippen LogP contribution in [0.2, 0.25) is 0 Å². The second kappa shape index (κ2) is 6.09. The van der Waals surface area contributed by atoms with E-state index in [1.165, 1.54) is 28.9 Å². The van der Waals surface area contributed by atoms with E-state index in [4.69, 9.17) is 4.74 Å². The van der Waals surface area contributed by atoms with Crippen LogP contribution in [0.3, 0.4) is 0 Å². The van der Waals surface area contributed by atoms with Gasteiger partial charge in [-0.1, -0.05) is 18.2 Å². The highest BCUT2D eigenvalue weighted by Gasteiger charge is 2.15. The average Bonchev–Trinajstić information content (AvgIpc) is 2.95. The molecule has 0 spiro atoms. The van der Waals surface area contributed by atoms with Crippen LogP contribution in [0.15, 0.2) is 30.7 Å². The zero-order valence-corrected chi connectivity index (χ0v) is 11.9. The highest BCUT2D eigenvalue weighted by molar-refractivity contribution is 5.78. The number of fused-ring (bicyclic) bond motifs is 1. The molecule has 1 aromatic heterocycles. The first-order valence-corrected chi connectivity index (χ1v) is 7.25. The van der Waals surface area contributed by atoms with Crippen molar-refractivity contribution >= 4 is 5.69 Å². The third-order valence-corrected chi connectivity index (χ3v) is 3.81. The van der Waals surface area contributed by atoms with Crippen molar-refractivity contribution in [2.75, 3.05) is 25.6 Å². The molecule has 1 N–H and O–H groups in total. The first-order chi connectivity index (χ1) is 9.90. The summed E-state index contributed by atoms with van der Waals surface area (Å²) in [4.78, 5) is 4.32. The second-order valence-corrected chi connectivity index (χ2v) is 5.19. The lowest BCUT2D eigenvalue weighted by molar-refractivity contribution is 0.190. The maximum Gasteiger partial charge on any atom is 0.0950 e. The van der Waals surface area contributed by atoms with Crippen molar-refractivity contribution in [1.29, 1.82) is 0 Å². The molecule has 4 heteroatoms. The fourth-order valence-electron chi connectivity index (χ4n) is 2.83. The summed E-state index contributed by atoms with van der Waals surface area (Å²) in [5.74, 6) is 0. The van der Waals surface area contributed by atoms with Crippen LogP contribution in [0.25, 0.3) is 11.3 Å². The summed E-state index contributed by atoms with van der Waals surface area (Å²) in [5, 5.41) is 3.55. The minimum absolute atomic E-state index is 0.781. The highest BCUT2D eigenvalue weighted by Crippen LogP contribution is 2.33. The van der Waals surface area contributed by atoms with Gasteiger partial charge in [-0.15, -0.1) is 0 Å². The van der Waals surface area contributed by atoms with Gasteiger partial charge >= 0.3 is 0 Å². The average molecular weight is 271 g/mol. The molecule has 0 bridgehead atoms. The lowest BCUT2D eigenvalue weighted by Crippen LogP contribution is -2.13. The van der Waals surface area contributed by atoms with Gasteiger partial charge in [-0.3, -0.25) is 0 Å². The van der Waals surface area contributed by atoms with E-state index in [1.54, 1.807) is 7.11 Å². The number of anilines is 1. The molecule has 1 aliphatic heterocycles. The number of hydrogen-bond acceptors (Lipinski definition) is 3. The van der Waals surface area contributed by atoms with Crippen molar-refractivity contribution in [1.82, 2.24) is 9.55 Å². The number of aromatic nitrogens is 2. The van der Waals surface area contributed by atoms with Gasteiger partial charge in [0.05, 0.1) is 18.2 Å². The first-order valence-electron chi connectivity index (χ1n) is 7.25. The Labute approximate surface area is 119 Å². The molecule has 0 atom stereocenters. The Kier molecular flexibility index (Phi) is 4.02. The van der Waals surface area contributed by atoms with E-state index in [1.807, 2.05) is 12.5 Å². The molecule has 0 amide bonds. The van der Waals surface area contributed by atoms with E-state index in [0.29, 0.717) is 0 Å². The van der Waals surface area contributed by atoms with Gasteiger partial charge in [0.25, 0.3) is 0 Å². The Hall–Kier alpha value is -1.81. The van der Waals surface area contributed by atoms with Gasteiger partial charge in [-0.05, 0) is 24.8 Å². The molecule has 2 heterocycles. The van der Waals surface area contributed by atoms with Crippen molar-refractivity contribution in [3.63, 3.8) is 0 Å². The molecule has 2 aromatic rings. The van der Waals surface area contributed by atoms with Gasteiger partial charge in [0, 0.05) is 38.1 Å². The van der Waals surface area contributed by atoms with Gasteiger partial charge in [0.1, 0.15) is 0 Å². The number of methoxy groups -OCH3 is 1. The van der Waals surface area contributed by atoms with Crippen LogP contribution in [0.4, 0.5) is 5.69 Å². The van der Waals surface area contributed by atoms with E-state index in [2.05, 4.69) is 33.1 Å². The van der Waals surface area contributed by atoms with Gasteiger partial charge in [0.2, 0.25) is 0 Å². The molecule has 0 unspecified atom stereocenters. The fourth-order valence-corrected chi connectivity index (χ4v) is 2.83. The summed E-state index contributed by atoms with van der Waals surface area (Å²) >= 11 is 0. The number of imidazole rings is 1. The van der Waals surface area contributed by atoms with Crippen molar-refractivity contribution in [2.45, 2.75) is 25.8 Å². The number of hydrogen-bond donors (Lipinski definition) is 1. The molecule has 1 aliphatic rings. The van der Waals surface area contributed by atoms with E-state index in [-0.39, 0.29) is 0 Å². The monoisotopic (exact) mass is 271 g/mol. The maximum atomic E-state index is 5.13. The standard InChI is InChI=1S/C16H21N3O/c1-20-10-4-9-19-12-17-11-15(19)14-7-2-5-13-6-3-8-18-16(13)14/h2,5,7,11-12,18H,3-4,6,8-10H2,1H3. The summed E-state index contributed by atoms with van der Waals surface area (Å²) in [6.07, 6.45) is 7.24. The van der Waals surface area contributed by atoms with E-state index < -0.39 is 0 Å².